The van der Waals surface area contributed by atoms with E-state index in [1.165, 1.54) is 0 Å². The number of carbonyl (C=O) groups excluding carboxylic acids is 1. The van der Waals surface area contributed by atoms with E-state index in [9.17, 15) is 10.1 Å². The largest absolute Gasteiger partial charge is 0.383 e. The molecule has 0 saturated heterocycles. The first-order chi connectivity index (χ1) is 11.9. The van der Waals surface area contributed by atoms with Gasteiger partial charge in [0.1, 0.15) is 5.82 Å². The van der Waals surface area contributed by atoms with Crippen LogP contribution in [0, 0.1) is 11.3 Å². The summed E-state index contributed by atoms with van der Waals surface area (Å²) >= 11 is 12.4. The first-order valence-electron chi connectivity index (χ1n) is 7.95. The van der Waals surface area contributed by atoms with E-state index in [-0.39, 0.29) is 5.78 Å². The van der Waals surface area contributed by atoms with Gasteiger partial charge < -0.3 is 5.73 Å². The number of nitrogens with zero attached hydrogens (tertiary/aromatic N) is 3. The van der Waals surface area contributed by atoms with Crippen LogP contribution in [0.3, 0.4) is 0 Å². The maximum Gasteiger partial charge on any atom is 0.161 e. The minimum atomic E-state index is -0.561. The third kappa shape index (κ3) is 2.91. The number of rotatable bonds is 2. The Kier molecular flexibility index (Phi) is 4.79. The average molecular weight is 377 g/mol. The Morgan fingerprint density at radius 2 is 2.04 bits per heavy atom. The van der Waals surface area contributed by atoms with Gasteiger partial charge in [0, 0.05) is 41.8 Å². The van der Waals surface area contributed by atoms with Crippen LogP contribution in [-0.2, 0) is 4.79 Å². The maximum absolute atomic E-state index is 12.8. The molecule has 0 aromatic heterocycles. The van der Waals surface area contributed by atoms with Crippen molar-refractivity contribution in [2.75, 3.05) is 14.1 Å². The first kappa shape index (κ1) is 17.8. The maximum atomic E-state index is 12.8. The lowest BCUT2D eigenvalue weighted by atomic mass is 9.76. The van der Waals surface area contributed by atoms with Crippen molar-refractivity contribution in [2.45, 2.75) is 25.2 Å². The first-order valence-corrected chi connectivity index (χ1v) is 8.70. The fraction of sp³-hybridized carbons (Fsp3) is 0.333. The lowest BCUT2D eigenvalue weighted by molar-refractivity contribution is -0.116. The van der Waals surface area contributed by atoms with E-state index in [1.807, 2.05) is 14.1 Å². The number of Topliss-reactive ketones (excluding diaryl/α,β-unsaturated/α-hetero) is 1. The predicted molar refractivity (Wildman–Crippen MR) is 97.4 cm³/mol. The summed E-state index contributed by atoms with van der Waals surface area (Å²) in [5.41, 5.74) is 8.77. The van der Waals surface area contributed by atoms with Crippen molar-refractivity contribution in [1.29, 1.82) is 5.26 Å². The van der Waals surface area contributed by atoms with Crippen LogP contribution in [-0.4, -0.2) is 29.9 Å². The normalized spacial score (nSPS) is 20.9. The molecule has 2 N–H and O–H groups in total. The number of nitriles is 1. The number of hydrazine groups is 1. The molecule has 0 spiro atoms. The number of hydrogen-bond acceptors (Lipinski definition) is 5. The third-order valence-corrected chi connectivity index (χ3v) is 5.12. The second-order valence-electron chi connectivity index (χ2n) is 6.31. The Morgan fingerprint density at radius 1 is 1.32 bits per heavy atom. The minimum absolute atomic E-state index is 0.0318. The summed E-state index contributed by atoms with van der Waals surface area (Å²) < 4.78 is 0. The van der Waals surface area contributed by atoms with E-state index in [2.05, 4.69) is 6.07 Å². The lowest BCUT2D eigenvalue weighted by Gasteiger charge is -2.42. The molecule has 25 heavy (non-hydrogen) atoms. The fourth-order valence-corrected chi connectivity index (χ4v) is 4.09. The van der Waals surface area contributed by atoms with Gasteiger partial charge in [-0.15, -0.1) is 0 Å². The molecule has 0 fully saturated rings. The number of allylic oxidation sites excluding steroid dienone is 3. The van der Waals surface area contributed by atoms with Gasteiger partial charge in [0.05, 0.1) is 17.6 Å². The van der Waals surface area contributed by atoms with E-state index in [1.54, 1.807) is 28.2 Å². The molecule has 0 saturated carbocycles. The molecule has 0 bridgehead atoms. The van der Waals surface area contributed by atoms with Gasteiger partial charge in [-0.1, -0.05) is 29.3 Å². The fourth-order valence-electron chi connectivity index (χ4n) is 3.57. The summed E-state index contributed by atoms with van der Waals surface area (Å²) in [5, 5.41) is 14.2. The molecule has 1 aliphatic carbocycles. The molecule has 1 heterocycles. The van der Waals surface area contributed by atoms with Gasteiger partial charge in [-0.2, -0.15) is 5.26 Å². The van der Waals surface area contributed by atoms with E-state index in [4.69, 9.17) is 28.9 Å². The van der Waals surface area contributed by atoms with Gasteiger partial charge in [0.2, 0.25) is 0 Å². The molecule has 0 unspecified atom stereocenters. The molecular formula is C18H18Cl2N4O. The van der Waals surface area contributed by atoms with Crippen molar-refractivity contribution in [2.24, 2.45) is 5.73 Å². The SMILES string of the molecule is CN(C)N1C(N)=C(C#N)[C@@H](c2ccc(Cl)cc2Cl)C2=C1CCCC2=O. The predicted octanol–water partition coefficient (Wildman–Crippen LogP) is 3.57. The Balaban J connectivity index is 2.29. The summed E-state index contributed by atoms with van der Waals surface area (Å²) in [7, 11) is 3.67. The highest BCUT2D eigenvalue weighted by Gasteiger charge is 2.41. The quantitative estimate of drug-likeness (QED) is 0.853. The van der Waals surface area contributed by atoms with Crippen molar-refractivity contribution in [3.8, 4) is 6.07 Å². The molecule has 1 atom stereocenters. The van der Waals surface area contributed by atoms with Crippen LogP contribution >= 0.6 is 23.2 Å². The zero-order valence-electron chi connectivity index (χ0n) is 14.0. The van der Waals surface area contributed by atoms with Gasteiger partial charge in [0.15, 0.2) is 5.78 Å². The second kappa shape index (κ2) is 6.72. The van der Waals surface area contributed by atoms with E-state index < -0.39 is 5.92 Å². The Morgan fingerprint density at radius 3 is 2.64 bits per heavy atom. The molecule has 2 aliphatic rings. The molecule has 130 valence electrons. The molecule has 5 nitrogen and oxygen atoms in total. The molecule has 1 aliphatic heterocycles. The zero-order chi connectivity index (χ0) is 18.3. The van der Waals surface area contributed by atoms with Crippen molar-refractivity contribution in [1.82, 2.24) is 10.0 Å². The molecule has 1 aromatic carbocycles. The summed E-state index contributed by atoms with van der Waals surface area (Å²) in [6.07, 6.45) is 1.94. The highest BCUT2D eigenvalue weighted by molar-refractivity contribution is 6.35. The minimum Gasteiger partial charge on any atom is -0.383 e. The smallest absolute Gasteiger partial charge is 0.161 e. The summed E-state index contributed by atoms with van der Waals surface area (Å²) in [4.78, 5) is 12.8. The van der Waals surface area contributed by atoms with Crippen LogP contribution in [0.4, 0.5) is 0 Å². The molecule has 0 amide bonds. The number of carbonyl (C=O) groups is 1. The van der Waals surface area contributed by atoms with Crippen LogP contribution in [0.5, 0.6) is 0 Å². The Labute approximate surface area is 156 Å². The van der Waals surface area contributed by atoms with Gasteiger partial charge >= 0.3 is 0 Å². The molecule has 7 heteroatoms. The van der Waals surface area contributed by atoms with E-state index in [0.29, 0.717) is 39.0 Å². The standard InChI is InChI=1S/C18H18Cl2N4O/c1-23(2)24-14-4-3-5-15(25)17(14)16(12(9-21)18(24)22)11-7-6-10(19)8-13(11)20/h6-8,16H,3-5,22H2,1-2H3/t16-/m1/s1. The van der Waals surface area contributed by atoms with Crippen molar-refractivity contribution >= 4 is 29.0 Å². The average Bonchev–Trinajstić information content (AvgIpc) is 2.54. The summed E-state index contributed by atoms with van der Waals surface area (Å²) in [5.74, 6) is -0.199. The monoisotopic (exact) mass is 376 g/mol. The van der Waals surface area contributed by atoms with Crippen LogP contribution in [0.15, 0.2) is 40.9 Å². The number of nitrogens with two attached hydrogens (primary N) is 1. The van der Waals surface area contributed by atoms with Crippen molar-refractivity contribution in [3.63, 3.8) is 0 Å². The van der Waals surface area contributed by atoms with E-state index in [0.717, 1.165) is 18.5 Å². The number of benzene rings is 1. The van der Waals surface area contributed by atoms with Crippen LogP contribution in [0.1, 0.15) is 30.7 Å². The van der Waals surface area contributed by atoms with Gasteiger partial charge in [0.25, 0.3) is 0 Å². The van der Waals surface area contributed by atoms with Crippen LogP contribution < -0.4 is 5.73 Å². The highest BCUT2D eigenvalue weighted by atomic mass is 35.5. The van der Waals surface area contributed by atoms with Crippen LogP contribution in [0.2, 0.25) is 10.0 Å². The van der Waals surface area contributed by atoms with E-state index >= 15 is 0 Å². The topological polar surface area (TPSA) is 73.4 Å². The second-order valence-corrected chi connectivity index (χ2v) is 7.15. The highest BCUT2D eigenvalue weighted by Crippen LogP contribution is 2.46. The Hall–Kier alpha value is -2.00. The summed E-state index contributed by atoms with van der Waals surface area (Å²) in [6, 6.07) is 7.28. The zero-order valence-corrected chi connectivity index (χ0v) is 15.5. The summed E-state index contributed by atoms with van der Waals surface area (Å²) in [6.45, 7) is 0. The number of halogens is 2. The lowest BCUT2D eigenvalue weighted by Crippen LogP contribution is -2.45. The molecule has 0 radical (unpaired) electrons. The van der Waals surface area contributed by atoms with Gasteiger partial charge in [-0.3, -0.25) is 9.80 Å². The van der Waals surface area contributed by atoms with Crippen molar-refractivity contribution in [3.05, 3.63) is 56.5 Å². The number of ketones is 1. The third-order valence-electron chi connectivity index (χ3n) is 4.56. The van der Waals surface area contributed by atoms with Gasteiger partial charge in [-0.25, -0.2) is 5.01 Å². The molecule has 3 rings (SSSR count). The Bertz CT molecular complexity index is 851. The number of hydrogen-bond donors (Lipinski definition) is 1. The van der Waals surface area contributed by atoms with Gasteiger partial charge in [-0.05, 0) is 30.5 Å². The van der Waals surface area contributed by atoms with Crippen molar-refractivity contribution < 1.29 is 4.79 Å². The molecular weight excluding hydrogens is 359 g/mol. The van der Waals surface area contributed by atoms with Crippen LogP contribution in [0.25, 0.3) is 0 Å². The molecule has 1 aromatic rings.